The molecular weight excluding hydrogens is 330 g/mol. The number of aromatic amines is 1. The summed E-state index contributed by atoms with van der Waals surface area (Å²) in [6, 6.07) is 6.80. The summed E-state index contributed by atoms with van der Waals surface area (Å²) in [6.45, 7) is 1.92. The first-order valence-electron chi connectivity index (χ1n) is 7.22. The number of aromatic nitrogens is 2. The molecule has 124 valence electrons. The molecule has 1 aromatic carbocycles. The van der Waals surface area contributed by atoms with Crippen molar-refractivity contribution in [1.29, 1.82) is 0 Å². The molecule has 1 unspecified atom stereocenters. The van der Waals surface area contributed by atoms with Crippen molar-refractivity contribution in [3.05, 3.63) is 63.4 Å². The van der Waals surface area contributed by atoms with Gasteiger partial charge in [0.2, 0.25) is 0 Å². The van der Waals surface area contributed by atoms with Gasteiger partial charge >= 0.3 is 0 Å². The maximum absolute atomic E-state index is 12.1. The van der Waals surface area contributed by atoms with Crippen LogP contribution in [0.5, 0.6) is 0 Å². The molecule has 0 saturated carbocycles. The molecular formula is C16H15N3O4S. The lowest BCUT2D eigenvalue weighted by atomic mass is 10.1. The van der Waals surface area contributed by atoms with Crippen LogP contribution in [0.25, 0.3) is 11.4 Å². The van der Waals surface area contributed by atoms with Crippen molar-refractivity contribution in [2.45, 2.75) is 13.0 Å². The number of benzene rings is 1. The summed E-state index contributed by atoms with van der Waals surface area (Å²) >= 11 is 0. The van der Waals surface area contributed by atoms with Crippen LogP contribution in [0.15, 0.2) is 46.7 Å². The molecule has 8 heteroatoms. The van der Waals surface area contributed by atoms with Gasteiger partial charge < -0.3 is 10.3 Å². The summed E-state index contributed by atoms with van der Waals surface area (Å²) < 4.78 is 22.7. The zero-order valence-corrected chi connectivity index (χ0v) is 13.6. The fourth-order valence-electron chi connectivity index (χ4n) is 2.41. The largest absolute Gasteiger partial charge is 0.345 e. The van der Waals surface area contributed by atoms with Gasteiger partial charge in [0.1, 0.15) is 11.4 Å². The van der Waals surface area contributed by atoms with Crippen molar-refractivity contribution in [1.82, 2.24) is 15.3 Å². The summed E-state index contributed by atoms with van der Waals surface area (Å²) in [5, 5.41) is 3.55. The number of nitrogens with one attached hydrogen (secondary N) is 2. The van der Waals surface area contributed by atoms with Crippen molar-refractivity contribution in [3.8, 4) is 11.4 Å². The molecule has 2 heterocycles. The minimum Gasteiger partial charge on any atom is -0.345 e. The van der Waals surface area contributed by atoms with Crippen molar-refractivity contribution in [3.63, 3.8) is 0 Å². The fourth-order valence-corrected chi connectivity index (χ4v) is 3.64. The van der Waals surface area contributed by atoms with Gasteiger partial charge in [-0.15, -0.1) is 0 Å². The molecule has 0 fully saturated rings. The second-order valence-electron chi connectivity index (χ2n) is 5.58. The molecule has 1 aromatic heterocycles. The van der Waals surface area contributed by atoms with E-state index in [-0.39, 0.29) is 11.3 Å². The Morgan fingerprint density at radius 3 is 2.79 bits per heavy atom. The molecule has 2 aromatic rings. The van der Waals surface area contributed by atoms with Crippen molar-refractivity contribution in [2.75, 3.05) is 5.75 Å². The van der Waals surface area contributed by atoms with Crippen LogP contribution in [0, 0.1) is 6.92 Å². The number of nitrogens with zero attached hydrogens (tertiary/aromatic N) is 1. The van der Waals surface area contributed by atoms with Gasteiger partial charge in [-0.05, 0) is 19.1 Å². The monoisotopic (exact) mass is 345 g/mol. The topological polar surface area (TPSA) is 109 Å². The van der Waals surface area contributed by atoms with E-state index in [4.69, 9.17) is 0 Å². The van der Waals surface area contributed by atoms with Crippen molar-refractivity contribution >= 4 is 15.7 Å². The highest BCUT2D eigenvalue weighted by Crippen LogP contribution is 2.14. The van der Waals surface area contributed by atoms with E-state index in [1.165, 1.54) is 12.3 Å². The standard InChI is InChI=1S/C16H15N3O4S/c1-10-3-2-4-11(7-10)14-17-8-13(16(21)19-14)15(20)18-12-5-6-24(22,23)9-12/h2-8,12H,9H2,1H3,(H,18,20)(H,17,19,21). The lowest BCUT2D eigenvalue weighted by Crippen LogP contribution is -2.38. The van der Waals surface area contributed by atoms with Gasteiger partial charge in [-0.2, -0.15) is 0 Å². The fraction of sp³-hybridized carbons (Fsp3) is 0.188. The van der Waals surface area contributed by atoms with E-state index in [1.807, 2.05) is 25.1 Å². The Bertz CT molecular complexity index is 992. The van der Waals surface area contributed by atoms with Crippen LogP contribution in [0.1, 0.15) is 15.9 Å². The predicted molar refractivity (Wildman–Crippen MR) is 89.2 cm³/mol. The Morgan fingerprint density at radius 2 is 2.17 bits per heavy atom. The van der Waals surface area contributed by atoms with Gasteiger partial charge in [0.15, 0.2) is 9.84 Å². The van der Waals surface area contributed by atoms with E-state index in [2.05, 4.69) is 15.3 Å². The van der Waals surface area contributed by atoms with E-state index in [0.717, 1.165) is 16.5 Å². The van der Waals surface area contributed by atoms with Crippen LogP contribution in [-0.4, -0.2) is 36.1 Å². The lowest BCUT2D eigenvalue weighted by molar-refractivity contribution is 0.0946. The van der Waals surface area contributed by atoms with Gasteiger partial charge in [-0.3, -0.25) is 9.59 Å². The van der Waals surface area contributed by atoms with Gasteiger partial charge in [0.05, 0.1) is 11.8 Å². The van der Waals surface area contributed by atoms with Crippen LogP contribution >= 0.6 is 0 Å². The second-order valence-corrected chi connectivity index (χ2v) is 7.51. The summed E-state index contributed by atoms with van der Waals surface area (Å²) in [6.07, 6.45) is 2.58. The number of carbonyl (C=O) groups is 1. The summed E-state index contributed by atoms with van der Waals surface area (Å²) in [5.41, 5.74) is 1.02. The van der Waals surface area contributed by atoms with Gasteiger partial charge in [0, 0.05) is 17.2 Å². The molecule has 7 nitrogen and oxygen atoms in total. The third-order valence-corrected chi connectivity index (χ3v) is 4.98. The lowest BCUT2D eigenvalue weighted by Gasteiger charge is -2.09. The second kappa shape index (κ2) is 6.04. The van der Waals surface area contributed by atoms with Crippen molar-refractivity contribution in [2.24, 2.45) is 0 Å². The number of amides is 1. The number of carbonyl (C=O) groups excluding carboxylic acids is 1. The molecule has 1 amide bonds. The quantitative estimate of drug-likeness (QED) is 0.855. The summed E-state index contributed by atoms with van der Waals surface area (Å²) in [5.74, 6) is -0.499. The molecule has 0 aliphatic carbocycles. The molecule has 0 spiro atoms. The first-order chi connectivity index (χ1) is 11.3. The number of sulfone groups is 1. The predicted octanol–water partition coefficient (Wildman–Crippen LogP) is 0.786. The average Bonchev–Trinajstić information content (AvgIpc) is 2.85. The molecule has 0 bridgehead atoms. The minimum absolute atomic E-state index is 0.163. The number of H-pyrrole nitrogens is 1. The molecule has 24 heavy (non-hydrogen) atoms. The third kappa shape index (κ3) is 3.43. The van der Waals surface area contributed by atoms with E-state index in [0.29, 0.717) is 5.82 Å². The van der Waals surface area contributed by atoms with Crippen LogP contribution in [-0.2, 0) is 9.84 Å². The van der Waals surface area contributed by atoms with E-state index in [1.54, 1.807) is 6.07 Å². The van der Waals surface area contributed by atoms with E-state index >= 15 is 0 Å². The number of aryl methyl sites for hydroxylation is 1. The molecule has 0 radical (unpaired) electrons. The van der Waals surface area contributed by atoms with E-state index < -0.39 is 27.3 Å². The van der Waals surface area contributed by atoms with Crippen LogP contribution in [0.2, 0.25) is 0 Å². The first-order valence-corrected chi connectivity index (χ1v) is 8.94. The highest BCUT2D eigenvalue weighted by molar-refractivity contribution is 7.94. The Kier molecular flexibility index (Phi) is 4.06. The maximum Gasteiger partial charge on any atom is 0.264 e. The number of hydrogen-bond donors (Lipinski definition) is 2. The smallest absolute Gasteiger partial charge is 0.264 e. The van der Waals surface area contributed by atoms with Gasteiger partial charge in [0.25, 0.3) is 11.5 Å². The van der Waals surface area contributed by atoms with Crippen molar-refractivity contribution < 1.29 is 13.2 Å². The van der Waals surface area contributed by atoms with Crippen LogP contribution in [0.3, 0.4) is 0 Å². The number of hydrogen-bond acceptors (Lipinski definition) is 5. The van der Waals surface area contributed by atoms with Crippen LogP contribution in [0.4, 0.5) is 0 Å². The SMILES string of the molecule is Cc1cccc(-c2ncc(C(=O)NC3C=CS(=O)(=O)C3)c(=O)[nH]2)c1. The van der Waals surface area contributed by atoms with E-state index in [9.17, 15) is 18.0 Å². The first kappa shape index (κ1) is 16.1. The zero-order valence-electron chi connectivity index (χ0n) is 12.8. The molecule has 0 saturated heterocycles. The summed E-state index contributed by atoms with van der Waals surface area (Å²) in [4.78, 5) is 31.0. The maximum atomic E-state index is 12.1. The Hall–Kier alpha value is -2.74. The Morgan fingerprint density at radius 1 is 1.38 bits per heavy atom. The highest BCUT2D eigenvalue weighted by Gasteiger charge is 2.24. The Balaban J connectivity index is 1.81. The average molecular weight is 345 g/mol. The zero-order chi connectivity index (χ0) is 17.3. The summed E-state index contributed by atoms with van der Waals surface area (Å²) in [7, 11) is -3.28. The molecule has 1 aliphatic heterocycles. The minimum atomic E-state index is -3.28. The van der Waals surface area contributed by atoms with Gasteiger partial charge in [-0.1, -0.05) is 23.8 Å². The molecule has 1 aliphatic rings. The number of rotatable bonds is 3. The van der Waals surface area contributed by atoms with Gasteiger partial charge in [-0.25, -0.2) is 13.4 Å². The molecule has 2 N–H and O–H groups in total. The highest BCUT2D eigenvalue weighted by atomic mass is 32.2. The van der Waals surface area contributed by atoms with Crippen LogP contribution < -0.4 is 10.9 Å². The normalized spacial score (nSPS) is 18.5. The third-order valence-electron chi connectivity index (χ3n) is 3.58. The Labute approximate surface area is 138 Å². The molecule has 1 atom stereocenters. The molecule has 3 rings (SSSR count).